The largest absolute Gasteiger partial charge is 0.112 e. The molecule has 0 saturated carbocycles. The van der Waals surface area contributed by atoms with Crippen LogP contribution in [-0.2, 0) is 6.42 Å². The molecule has 1 heteroatoms. The molecule has 4 aromatic rings. The predicted molar refractivity (Wildman–Crippen MR) is 167 cm³/mol. The van der Waals surface area contributed by atoms with E-state index in [2.05, 4.69) is 123 Å². The Morgan fingerprint density at radius 3 is 1.32 bits per heavy atom. The van der Waals surface area contributed by atoms with Gasteiger partial charge in [-0.1, -0.05) is 105 Å². The lowest BCUT2D eigenvalue weighted by Gasteiger charge is -2.27. The first kappa shape index (κ1) is 27.3. The summed E-state index contributed by atoms with van der Waals surface area (Å²) in [5, 5.41) is 4.53. The van der Waals surface area contributed by atoms with Crippen molar-refractivity contribution < 1.29 is 0 Å². The van der Waals surface area contributed by atoms with Crippen molar-refractivity contribution in [1.29, 1.82) is 0 Å². The molecule has 0 N–H and O–H groups in total. The number of hydrogen-bond donors (Lipinski definition) is 0. The molecule has 0 spiro atoms. The maximum atomic E-state index is 2.37. The Bertz CT molecular complexity index is 1080. The summed E-state index contributed by atoms with van der Waals surface area (Å²) in [6.07, 6.45) is 13.3. The first-order chi connectivity index (χ1) is 18.2. The molecular formula is C36H44P+. The van der Waals surface area contributed by atoms with E-state index in [0.717, 1.165) is 0 Å². The fourth-order valence-corrected chi connectivity index (χ4v) is 9.99. The van der Waals surface area contributed by atoms with E-state index >= 15 is 0 Å². The second-order valence-electron chi connectivity index (χ2n) is 10.5. The van der Waals surface area contributed by atoms with Gasteiger partial charge in [-0.25, -0.2) is 0 Å². The van der Waals surface area contributed by atoms with Crippen LogP contribution in [0.15, 0.2) is 109 Å². The van der Waals surface area contributed by atoms with Crippen molar-refractivity contribution in [1.82, 2.24) is 0 Å². The van der Waals surface area contributed by atoms with E-state index in [4.69, 9.17) is 0 Å². The van der Waals surface area contributed by atoms with Crippen LogP contribution in [0.4, 0.5) is 0 Å². The van der Waals surface area contributed by atoms with Crippen LogP contribution in [-0.4, -0.2) is 6.16 Å². The molecule has 0 fully saturated rings. The molecule has 4 rings (SSSR count). The van der Waals surface area contributed by atoms with E-state index < -0.39 is 7.26 Å². The summed E-state index contributed by atoms with van der Waals surface area (Å²) in [7, 11) is -1.66. The third-order valence-electron chi connectivity index (χ3n) is 7.87. The third kappa shape index (κ3) is 7.43. The SMILES string of the molecule is Cc1ccc(CCCCCCCCCC[P+](c2ccccc2)(c2ccccc2)c2ccccc2)cc1C. The minimum Gasteiger partial charge on any atom is -0.0620 e. The van der Waals surface area contributed by atoms with Crippen LogP contribution in [0, 0.1) is 13.8 Å². The molecule has 0 aromatic heterocycles. The highest BCUT2D eigenvalue weighted by molar-refractivity contribution is 7.95. The van der Waals surface area contributed by atoms with E-state index in [1.807, 2.05) is 0 Å². The van der Waals surface area contributed by atoms with Gasteiger partial charge in [-0.3, -0.25) is 0 Å². The number of unbranched alkanes of at least 4 members (excludes halogenated alkanes) is 7. The van der Waals surface area contributed by atoms with Gasteiger partial charge in [0.25, 0.3) is 0 Å². The normalized spacial score (nSPS) is 11.5. The fourth-order valence-electron chi connectivity index (χ4n) is 5.58. The highest BCUT2D eigenvalue weighted by Crippen LogP contribution is 2.56. The van der Waals surface area contributed by atoms with Gasteiger partial charge in [0, 0.05) is 0 Å². The van der Waals surface area contributed by atoms with E-state index in [9.17, 15) is 0 Å². The van der Waals surface area contributed by atoms with Crippen molar-refractivity contribution in [3.8, 4) is 0 Å². The zero-order chi connectivity index (χ0) is 25.8. The van der Waals surface area contributed by atoms with Gasteiger partial charge in [0.1, 0.15) is 23.2 Å². The molecule has 0 unspecified atom stereocenters. The van der Waals surface area contributed by atoms with Crippen molar-refractivity contribution in [2.45, 2.75) is 71.6 Å². The number of rotatable bonds is 14. The molecule has 0 aliphatic rings. The first-order valence-corrected chi connectivity index (χ1v) is 16.3. The molecule has 4 aromatic carbocycles. The van der Waals surface area contributed by atoms with Crippen molar-refractivity contribution in [2.75, 3.05) is 6.16 Å². The van der Waals surface area contributed by atoms with Gasteiger partial charge in [0.05, 0.1) is 6.16 Å². The molecule has 0 radical (unpaired) electrons. The maximum absolute atomic E-state index is 2.37. The van der Waals surface area contributed by atoms with Crippen molar-refractivity contribution in [3.05, 3.63) is 126 Å². The van der Waals surface area contributed by atoms with Crippen molar-refractivity contribution in [2.24, 2.45) is 0 Å². The molecule has 0 amide bonds. The Morgan fingerprint density at radius 1 is 0.432 bits per heavy atom. The highest BCUT2D eigenvalue weighted by atomic mass is 31.2. The lowest BCUT2D eigenvalue weighted by molar-refractivity contribution is 0.576. The number of hydrogen-bond acceptors (Lipinski definition) is 0. The monoisotopic (exact) mass is 507 g/mol. The molecule has 192 valence electrons. The van der Waals surface area contributed by atoms with Crippen LogP contribution in [0.3, 0.4) is 0 Å². The molecule has 0 saturated heterocycles. The lowest BCUT2D eigenvalue weighted by Crippen LogP contribution is -2.33. The predicted octanol–water partition coefficient (Wildman–Crippen LogP) is 8.96. The summed E-state index contributed by atoms with van der Waals surface area (Å²) in [6.45, 7) is 4.43. The second-order valence-corrected chi connectivity index (χ2v) is 14.2. The van der Waals surface area contributed by atoms with Gasteiger partial charge in [-0.15, -0.1) is 0 Å². The summed E-state index contributed by atoms with van der Waals surface area (Å²) < 4.78 is 0. The van der Waals surface area contributed by atoms with Crippen molar-refractivity contribution in [3.63, 3.8) is 0 Å². The van der Waals surface area contributed by atoms with Crippen LogP contribution in [0.25, 0.3) is 0 Å². The zero-order valence-electron chi connectivity index (χ0n) is 22.9. The first-order valence-electron chi connectivity index (χ1n) is 14.3. The average Bonchev–Trinajstić information content (AvgIpc) is 2.95. The lowest BCUT2D eigenvalue weighted by atomic mass is 10.0. The minimum atomic E-state index is -1.66. The Balaban J connectivity index is 1.28. The Labute approximate surface area is 226 Å². The smallest absolute Gasteiger partial charge is 0.0620 e. The summed E-state index contributed by atoms with van der Waals surface area (Å²) in [5.41, 5.74) is 4.33. The highest BCUT2D eigenvalue weighted by Gasteiger charge is 2.44. The van der Waals surface area contributed by atoms with Crippen LogP contribution >= 0.6 is 7.26 Å². The number of aryl methyl sites for hydroxylation is 3. The molecule has 0 atom stereocenters. The molecule has 0 nitrogen and oxygen atoms in total. The van der Waals surface area contributed by atoms with Crippen LogP contribution in [0.2, 0.25) is 0 Å². The van der Waals surface area contributed by atoms with Crippen LogP contribution in [0.5, 0.6) is 0 Å². The van der Waals surface area contributed by atoms with Crippen molar-refractivity contribution >= 4 is 23.2 Å². The number of benzene rings is 4. The Hall–Kier alpha value is -2.69. The maximum Gasteiger partial charge on any atom is 0.112 e. The van der Waals surface area contributed by atoms with Crippen LogP contribution < -0.4 is 15.9 Å². The summed E-state index contributed by atoms with van der Waals surface area (Å²) in [6, 6.07) is 40.9. The second kappa shape index (κ2) is 14.3. The van der Waals surface area contributed by atoms with Gasteiger partial charge >= 0.3 is 0 Å². The Morgan fingerprint density at radius 2 is 0.865 bits per heavy atom. The quantitative estimate of drug-likeness (QED) is 0.118. The molecule has 0 aliphatic heterocycles. The Kier molecular flexibility index (Phi) is 10.6. The fraction of sp³-hybridized carbons (Fsp3) is 0.333. The van der Waals surface area contributed by atoms with Gasteiger partial charge in [-0.05, 0) is 92.6 Å². The van der Waals surface area contributed by atoms with Crippen LogP contribution in [0.1, 0.15) is 68.1 Å². The van der Waals surface area contributed by atoms with Gasteiger partial charge in [0.15, 0.2) is 0 Å². The van der Waals surface area contributed by atoms with Gasteiger partial charge < -0.3 is 0 Å². The molecule has 0 aliphatic carbocycles. The molecule has 0 bridgehead atoms. The van der Waals surface area contributed by atoms with E-state index in [-0.39, 0.29) is 0 Å². The average molecular weight is 508 g/mol. The minimum absolute atomic E-state index is 1.23. The molecule has 37 heavy (non-hydrogen) atoms. The molecule has 0 heterocycles. The van der Waals surface area contributed by atoms with E-state index in [1.54, 1.807) is 0 Å². The van der Waals surface area contributed by atoms with E-state index in [0.29, 0.717) is 0 Å². The summed E-state index contributed by atoms with van der Waals surface area (Å²) >= 11 is 0. The summed E-state index contributed by atoms with van der Waals surface area (Å²) in [5.74, 6) is 0. The van der Waals surface area contributed by atoms with E-state index in [1.165, 1.54) is 96.6 Å². The van der Waals surface area contributed by atoms with Gasteiger partial charge in [0.2, 0.25) is 0 Å². The third-order valence-corrected chi connectivity index (χ3v) is 12.4. The van der Waals surface area contributed by atoms with Gasteiger partial charge in [-0.2, -0.15) is 0 Å². The topological polar surface area (TPSA) is 0 Å². The summed E-state index contributed by atoms with van der Waals surface area (Å²) in [4.78, 5) is 0. The zero-order valence-corrected chi connectivity index (χ0v) is 23.8. The molecular weight excluding hydrogens is 463 g/mol. The standard InChI is InChI=1S/C36H44P/c1-31-27-28-33(30-32(31)2)20-12-7-5-3-4-6-8-19-29-37(34-21-13-9-14-22-34,35-23-15-10-16-24-35)36-25-17-11-18-26-36/h9-11,13-18,21-28,30H,3-8,12,19-20,29H2,1-2H3/q+1.